The van der Waals surface area contributed by atoms with Gasteiger partial charge in [-0.25, -0.2) is 0 Å². The second kappa shape index (κ2) is 7.87. The zero-order valence-electron chi connectivity index (χ0n) is 15.3. The fourth-order valence-electron chi connectivity index (χ4n) is 4.19. The molecule has 1 aromatic rings. The van der Waals surface area contributed by atoms with Crippen molar-refractivity contribution in [3.8, 4) is 0 Å². The molecule has 2 fully saturated rings. The van der Waals surface area contributed by atoms with Gasteiger partial charge in [0.1, 0.15) is 6.04 Å². The van der Waals surface area contributed by atoms with E-state index < -0.39 is 0 Å². The molecule has 138 valence electrons. The summed E-state index contributed by atoms with van der Waals surface area (Å²) in [5.41, 5.74) is 0.0834. The minimum absolute atomic E-state index is 0.0187. The molecule has 25 heavy (non-hydrogen) atoms. The zero-order chi connectivity index (χ0) is 17.9. The van der Waals surface area contributed by atoms with Crippen LogP contribution in [0.5, 0.6) is 0 Å². The summed E-state index contributed by atoms with van der Waals surface area (Å²) in [6.07, 6.45) is 6.80. The summed E-state index contributed by atoms with van der Waals surface area (Å²) in [6.45, 7) is 1.38. The molecule has 1 saturated heterocycles. The van der Waals surface area contributed by atoms with E-state index in [9.17, 15) is 9.59 Å². The van der Waals surface area contributed by atoms with Crippen LogP contribution in [0.3, 0.4) is 0 Å². The molecule has 0 radical (unpaired) electrons. The van der Waals surface area contributed by atoms with Crippen LogP contribution < -0.4 is 5.32 Å². The molecule has 1 unspecified atom stereocenters. The van der Waals surface area contributed by atoms with E-state index in [1.54, 1.807) is 16.2 Å². The first kappa shape index (κ1) is 18.4. The Labute approximate surface area is 154 Å². The molecule has 1 N–H and O–H groups in total. The van der Waals surface area contributed by atoms with Gasteiger partial charge in [0.2, 0.25) is 11.8 Å². The lowest BCUT2D eigenvalue weighted by Crippen LogP contribution is -2.54. The van der Waals surface area contributed by atoms with Crippen LogP contribution in [-0.4, -0.2) is 60.4 Å². The lowest BCUT2D eigenvalue weighted by Gasteiger charge is -2.37. The van der Waals surface area contributed by atoms with Crippen LogP contribution in [0.4, 0.5) is 0 Å². The van der Waals surface area contributed by atoms with E-state index >= 15 is 0 Å². The SMILES string of the molecule is CN(C)C1(CNC(=O)C2CCCN2C(=O)Cc2cccs2)CCCC1. The summed E-state index contributed by atoms with van der Waals surface area (Å²) >= 11 is 1.60. The van der Waals surface area contributed by atoms with E-state index in [1.165, 1.54) is 12.8 Å². The number of hydrogen-bond acceptors (Lipinski definition) is 4. The number of nitrogens with zero attached hydrogens (tertiary/aromatic N) is 2. The van der Waals surface area contributed by atoms with Gasteiger partial charge in [0.25, 0.3) is 0 Å². The normalized spacial score (nSPS) is 22.5. The monoisotopic (exact) mass is 363 g/mol. The molecule has 0 aromatic carbocycles. The van der Waals surface area contributed by atoms with Crippen molar-refractivity contribution in [2.45, 2.75) is 56.5 Å². The Morgan fingerprint density at radius 2 is 2.08 bits per heavy atom. The van der Waals surface area contributed by atoms with Crippen molar-refractivity contribution in [2.24, 2.45) is 0 Å². The van der Waals surface area contributed by atoms with Crippen LogP contribution in [0.1, 0.15) is 43.4 Å². The lowest BCUT2D eigenvalue weighted by atomic mass is 9.96. The second-order valence-corrected chi connectivity index (χ2v) is 8.58. The third-order valence-electron chi connectivity index (χ3n) is 5.86. The van der Waals surface area contributed by atoms with Crippen LogP contribution in [0.25, 0.3) is 0 Å². The largest absolute Gasteiger partial charge is 0.352 e. The van der Waals surface area contributed by atoms with Gasteiger partial charge in [0.15, 0.2) is 0 Å². The second-order valence-electron chi connectivity index (χ2n) is 7.54. The highest BCUT2D eigenvalue weighted by molar-refractivity contribution is 7.10. The molecule has 1 aliphatic heterocycles. The van der Waals surface area contributed by atoms with Crippen LogP contribution in [-0.2, 0) is 16.0 Å². The van der Waals surface area contributed by atoms with Crippen molar-refractivity contribution in [3.63, 3.8) is 0 Å². The quantitative estimate of drug-likeness (QED) is 0.844. The number of rotatable bonds is 6. The first-order valence-corrected chi connectivity index (χ1v) is 10.2. The number of amides is 2. The van der Waals surface area contributed by atoms with Gasteiger partial charge in [0, 0.05) is 23.5 Å². The van der Waals surface area contributed by atoms with Crippen molar-refractivity contribution in [2.75, 3.05) is 27.2 Å². The number of likely N-dealkylation sites (tertiary alicyclic amines) is 1. The average molecular weight is 364 g/mol. The summed E-state index contributed by atoms with van der Waals surface area (Å²) in [6, 6.07) is 3.64. The standard InChI is InChI=1S/C19H29N3O2S/c1-21(2)19(9-3-4-10-19)14-20-18(24)16-8-5-11-22(16)17(23)13-15-7-6-12-25-15/h6-7,12,16H,3-5,8-11,13-14H2,1-2H3,(H,20,24). The third-order valence-corrected chi connectivity index (χ3v) is 6.73. The van der Waals surface area contributed by atoms with E-state index in [-0.39, 0.29) is 23.4 Å². The highest BCUT2D eigenvalue weighted by Gasteiger charge is 2.38. The van der Waals surface area contributed by atoms with E-state index in [4.69, 9.17) is 0 Å². The predicted octanol–water partition coefficient (Wildman–Crippen LogP) is 2.27. The Hall–Kier alpha value is -1.40. The number of thiophene rings is 1. The van der Waals surface area contributed by atoms with Crippen LogP contribution in [0.15, 0.2) is 17.5 Å². The van der Waals surface area contributed by atoms with E-state index in [0.717, 1.165) is 30.6 Å². The Morgan fingerprint density at radius 3 is 2.72 bits per heavy atom. The molecule has 1 aliphatic carbocycles. The van der Waals surface area contributed by atoms with Gasteiger partial charge in [-0.3, -0.25) is 9.59 Å². The molecule has 0 spiro atoms. The highest BCUT2D eigenvalue weighted by atomic mass is 32.1. The van der Waals surface area contributed by atoms with Crippen molar-refractivity contribution < 1.29 is 9.59 Å². The van der Waals surface area contributed by atoms with Crippen LogP contribution in [0.2, 0.25) is 0 Å². The van der Waals surface area contributed by atoms with Gasteiger partial charge in [-0.1, -0.05) is 18.9 Å². The van der Waals surface area contributed by atoms with Crippen LogP contribution >= 0.6 is 11.3 Å². The first-order valence-electron chi connectivity index (χ1n) is 9.29. The number of carbonyl (C=O) groups excluding carboxylic acids is 2. The maximum atomic E-state index is 12.8. The number of hydrogen-bond donors (Lipinski definition) is 1. The van der Waals surface area contributed by atoms with Gasteiger partial charge >= 0.3 is 0 Å². The summed E-state index contributed by atoms with van der Waals surface area (Å²) < 4.78 is 0. The summed E-state index contributed by atoms with van der Waals surface area (Å²) in [5.74, 6) is 0.0912. The maximum absolute atomic E-state index is 12.8. The smallest absolute Gasteiger partial charge is 0.242 e. The molecule has 2 aliphatic rings. The number of nitrogens with one attached hydrogen (secondary N) is 1. The zero-order valence-corrected chi connectivity index (χ0v) is 16.1. The Balaban J connectivity index is 1.58. The van der Waals surface area contributed by atoms with E-state index in [0.29, 0.717) is 19.5 Å². The Morgan fingerprint density at radius 1 is 1.32 bits per heavy atom. The Kier molecular flexibility index (Phi) is 5.79. The van der Waals surface area contributed by atoms with Crippen molar-refractivity contribution in [3.05, 3.63) is 22.4 Å². The topological polar surface area (TPSA) is 52.7 Å². The van der Waals surface area contributed by atoms with Gasteiger partial charge < -0.3 is 15.1 Å². The predicted molar refractivity (Wildman–Crippen MR) is 101 cm³/mol. The van der Waals surface area contributed by atoms with Crippen molar-refractivity contribution in [1.29, 1.82) is 0 Å². The number of likely N-dealkylation sites (N-methyl/N-ethyl adjacent to an activating group) is 1. The van der Waals surface area contributed by atoms with Gasteiger partial charge in [-0.2, -0.15) is 0 Å². The fraction of sp³-hybridized carbons (Fsp3) is 0.684. The lowest BCUT2D eigenvalue weighted by molar-refractivity contribution is -0.138. The number of carbonyl (C=O) groups is 2. The van der Waals surface area contributed by atoms with E-state index in [2.05, 4.69) is 24.3 Å². The fourth-order valence-corrected chi connectivity index (χ4v) is 4.88. The van der Waals surface area contributed by atoms with Crippen molar-refractivity contribution >= 4 is 23.2 Å². The molecule has 3 rings (SSSR count). The van der Waals surface area contributed by atoms with Crippen LogP contribution in [0, 0.1) is 0 Å². The average Bonchev–Trinajstić information content (AvgIpc) is 3.33. The molecule has 1 aromatic heterocycles. The van der Waals surface area contributed by atoms with Gasteiger partial charge in [0.05, 0.1) is 6.42 Å². The van der Waals surface area contributed by atoms with Gasteiger partial charge in [-0.05, 0) is 51.2 Å². The third kappa shape index (κ3) is 4.06. The molecule has 1 atom stereocenters. The molecule has 2 amide bonds. The molecular formula is C19H29N3O2S. The summed E-state index contributed by atoms with van der Waals surface area (Å²) in [7, 11) is 4.20. The molecule has 1 saturated carbocycles. The molecular weight excluding hydrogens is 334 g/mol. The first-order chi connectivity index (χ1) is 12.0. The summed E-state index contributed by atoms with van der Waals surface area (Å²) in [5, 5.41) is 5.15. The minimum atomic E-state index is -0.298. The van der Waals surface area contributed by atoms with Crippen molar-refractivity contribution in [1.82, 2.24) is 15.1 Å². The van der Waals surface area contributed by atoms with Gasteiger partial charge in [-0.15, -0.1) is 11.3 Å². The Bertz CT molecular complexity index is 594. The highest BCUT2D eigenvalue weighted by Crippen LogP contribution is 2.33. The minimum Gasteiger partial charge on any atom is -0.352 e. The molecule has 6 heteroatoms. The molecule has 5 nitrogen and oxygen atoms in total. The molecule has 0 bridgehead atoms. The maximum Gasteiger partial charge on any atom is 0.242 e. The van der Waals surface area contributed by atoms with E-state index in [1.807, 2.05) is 17.5 Å². The summed E-state index contributed by atoms with van der Waals surface area (Å²) in [4.78, 5) is 30.5. The molecule has 2 heterocycles.